The molecule has 0 bridgehead atoms. The van der Waals surface area contributed by atoms with Crippen LogP contribution in [0.25, 0.3) is 0 Å². The molecule has 2 aromatic carbocycles. The van der Waals surface area contributed by atoms with Crippen LogP contribution in [-0.4, -0.2) is 29.5 Å². The van der Waals surface area contributed by atoms with Gasteiger partial charge in [-0.1, -0.05) is 51.4 Å². The molecule has 0 heterocycles. The van der Waals surface area contributed by atoms with Gasteiger partial charge >= 0.3 is 5.97 Å². The molecule has 0 aliphatic rings. The lowest BCUT2D eigenvalue weighted by molar-refractivity contribution is -0.149. The number of nitrogens with zero attached hydrogens (tertiary/aromatic N) is 1. The fraction of sp³-hybridized carbons (Fsp3) is 0.300. The summed E-state index contributed by atoms with van der Waals surface area (Å²) in [7, 11) is 0. The molecule has 6 heteroatoms. The van der Waals surface area contributed by atoms with Gasteiger partial charge in [-0.05, 0) is 48.7 Å². The van der Waals surface area contributed by atoms with Gasteiger partial charge in [0.2, 0.25) is 0 Å². The van der Waals surface area contributed by atoms with Gasteiger partial charge in [-0.2, -0.15) is 0 Å². The van der Waals surface area contributed by atoms with E-state index >= 15 is 0 Å². The van der Waals surface area contributed by atoms with Crippen LogP contribution in [0.4, 0.5) is 0 Å². The zero-order chi connectivity index (χ0) is 18.9. The number of halogens is 1. The molecule has 0 saturated heterocycles. The Morgan fingerprint density at radius 3 is 2.58 bits per heavy atom. The molecule has 0 aromatic heterocycles. The Morgan fingerprint density at radius 1 is 1.19 bits per heavy atom. The molecule has 138 valence electrons. The van der Waals surface area contributed by atoms with E-state index in [1.165, 1.54) is 0 Å². The molecule has 0 saturated carbocycles. The van der Waals surface area contributed by atoms with Crippen LogP contribution >= 0.6 is 15.9 Å². The van der Waals surface area contributed by atoms with Crippen LogP contribution in [0.15, 0.2) is 58.2 Å². The number of aliphatic carboxylic acids is 1. The third-order valence-electron chi connectivity index (χ3n) is 3.76. The van der Waals surface area contributed by atoms with Crippen molar-refractivity contribution in [3.8, 4) is 0 Å². The molecule has 0 spiro atoms. The van der Waals surface area contributed by atoms with Gasteiger partial charge in [0.1, 0.15) is 6.61 Å². The summed E-state index contributed by atoms with van der Waals surface area (Å²) in [6.07, 6.45) is -0.537. The van der Waals surface area contributed by atoms with Gasteiger partial charge in [0.05, 0.1) is 5.71 Å². The molecule has 26 heavy (non-hydrogen) atoms. The summed E-state index contributed by atoms with van der Waals surface area (Å²) in [6.45, 7) is 4.39. The lowest BCUT2D eigenvalue weighted by atomic mass is 10.0. The molecule has 0 amide bonds. The first kappa shape index (κ1) is 20.1. The van der Waals surface area contributed by atoms with E-state index in [0.29, 0.717) is 19.6 Å². The summed E-state index contributed by atoms with van der Waals surface area (Å²) < 4.78 is 6.29. The first-order valence-corrected chi connectivity index (χ1v) is 9.13. The number of carbonyl (C=O) groups is 1. The van der Waals surface area contributed by atoms with Gasteiger partial charge < -0.3 is 14.7 Å². The molecule has 5 nitrogen and oxygen atoms in total. The summed E-state index contributed by atoms with van der Waals surface area (Å²) in [5.74, 6) is -0.958. The standard InChI is InChI=1S/C20H22BrNO4/c1-3-25-19(20(23)24)12-16-5-4-6-17(11-16)14(2)22-26-13-15-7-9-18(21)10-8-15/h4-11,19H,3,12-13H2,1-2H3,(H,23,24)/t19-/m1/s1. The Bertz CT molecular complexity index is 759. The van der Waals surface area contributed by atoms with E-state index in [9.17, 15) is 9.90 Å². The monoisotopic (exact) mass is 419 g/mol. The lowest BCUT2D eigenvalue weighted by Gasteiger charge is -2.13. The van der Waals surface area contributed by atoms with Gasteiger partial charge in [-0.15, -0.1) is 0 Å². The highest BCUT2D eigenvalue weighted by Gasteiger charge is 2.18. The molecular weight excluding hydrogens is 398 g/mol. The fourth-order valence-electron chi connectivity index (χ4n) is 2.39. The molecule has 0 fully saturated rings. The maximum Gasteiger partial charge on any atom is 0.333 e. The number of hydrogen-bond donors (Lipinski definition) is 1. The van der Waals surface area contributed by atoms with Gasteiger partial charge in [-0.25, -0.2) is 4.79 Å². The number of ether oxygens (including phenoxy) is 1. The van der Waals surface area contributed by atoms with Crippen molar-refractivity contribution in [2.75, 3.05) is 6.61 Å². The van der Waals surface area contributed by atoms with Crippen LogP contribution < -0.4 is 0 Å². The minimum absolute atomic E-state index is 0.310. The largest absolute Gasteiger partial charge is 0.479 e. The van der Waals surface area contributed by atoms with Crippen molar-refractivity contribution in [3.63, 3.8) is 0 Å². The Kier molecular flexibility index (Phi) is 7.81. The van der Waals surface area contributed by atoms with Crippen molar-refractivity contribution >= 4 is 27.6 Å². The summed E-state index contributed by atoms with van der Waals surface area (Å²) >= 11 is 3.40. The molecule has 0 aliphatic heterocycles. The number of hydrogen-bond acceptors (Lipinski definition) is 4. The summed E-state index contributed by atoms with van der Waals surface area (Å²) in [4.78, 5) is 16.7. The number of carboxylic acid groups (broad SMARTS) is 1. The van der Waals surface area contributed by atoms with E-state index in [1.807, 2.05) is 55.5 Å². The van der Waals surface area contributed by atoms with Crippen LogP contribution in [-0.2, 0) is 27.4 Å². The molecule has 0 aliphatic carbocycles. The maximum absolute atomic E-state index is 11.2. The number of carboxylic acids is 1. The van der Waals surface area contributed by atoms with E-state index in [2.05, 4.69) is 21.1 Å². The lowest BCUT2D eigenvalue weighted by Crippen LogP contribution is -2.26. The first-order chi connectivity index (χ1) is 12.5. The highest BCUT2D eigenvalue weighted by atomic mass is 79.9. The molecule has 2 aromatic rings. The van der Waals surface area contributed by atoms with E-state index in [-0.39, 0.29) is 0 Å². The second-order valence-corrected chi connectivity index (χ2v) is 6.68. The van der Waals surface area contributed by atoms with Crippen LogP contribution in [0.5, 0.6) is 0 Å². The van der Waals surface area contributed by atoms with Crippen LogP contribution in [0.2, 0.25) is 0 Å². The third-order valence-corrected chi connectivity index (χ3v) is 4.28. The molecule has 0 radical (unpaired) electrons. The summed E-state index contributed by atoms with van der Waals surface area (Å²) in [6, 6.07) is 15.4. The number of benzene rings is 2. The zero-order valence-electron chi connectivity index (χ0n) is 14.8. The van der Waals surface area contributed by atoms with Crippen LogP contribution in [0.1, 0.15) is 30.5 Å². The molecule has 2 rings (SSSR count). The van der Waals surface area contributed by atoms with Gasteiger partial charge in [-0.3, -0.25) is 0 Å². The van der Waals surface area contributed by atoms with Crippen molar-refractivity contribution in [1.82, 2.24) is 0 Å². The fourth-order valence-corrected chi connectivity index (χ4v) is 2.66. The molecule has 0 unspecified atom stereocenters. The molecular formula is C20H22BrNO4. The third kappa shape index (κ3) is 6.28. The summed E-state index contributed by atoms with van der Waals surface area (Å²) in [5.41, 5.74) is 3.52. The minimum atomic E-state index is -0.958. The van der Waals surface area contributed by atoms with E-state index in [0.717, 1.165) is 26.9 Å². The molecule has 1 N–H and O–H groups in total. The first-order valence-electron chi connectivity index (χ1n) is 8.34. The van der Waals surface area contributed by atoms with E-state index in [4.69, 9.17) is 9.57 Å². The van der Waals surface area contributed by atoms with Gasteiger partial charge in [0.25, 0.3) is 0 Å². The van der Waals surface area contributed by atoms with E-state index in [1.54, 1.807) is 6.92 Å². The quantitative estimate of drug-likeness (QED) is 0.482. The minimum Gasteiger partial charge on any atom is -0.479 e. The predicted molar refractivity (Wildman–Crippen MR) is 104 cm³/mol. The van der Waals surface area contributed by atoms with Crippen molar-refractivity contribution in [1.29, 1.82) is 0 Å². The van der Waals surface area contributed by atoms with Crippen molar-refractivity contribution in [2.45, 2.75) is 33.0 Å². The number of rotatable bonds is 9. The SMILES string of the molecule is CCO[C@H](Cc1cccc(C(C)=NOCc2ccc(Br)cc2)c1)C(=O)O. The Balaban J connectivity index is 2.00. The highest BCUT2D eigenvalue weighted by molar-refractivity contribution is 9.10. The van der Waals surface area contributed by atoms with Gasteiger partial charge in [0.15, 0.2) is 6.10 Å². The number of oxime groups is 1. The second-order valence-electron chi connectivity index (χ2n) is 5.76. The average Bonchev–Trinajstić information content (AvgIpc) is 2.63. The average molecular weight is 420 g/mol. The Hall–Kier alpha value is -2.18. The Morgan fingerprint density at radius 2 is 1.92 bits per heavy atom. The second kappa shape index (κ2) is 10.1. The smallest absolute Gasteiger partial charge is 0.333 e. The molecule has 1 atom stereocenters. The predicted octanol–water partition coefficient (Wildman–Crippen LogP) is 4.42. The van der Waals surface area contributed by atoms with Crippen LogP contribution in [0, 0.1) is 0 Å². The maximum atomic E-state index is 11.2. The topological polar surface area (TPSA) is 68.1 Å². The highest BCUT2D eigenvalue weighted by Crippen LogP contribution is 2.13. The van der Waals surface area contributed by atoms with Crippen molar-refractivity contribution in [3.05, 3.63) is 69.7 Å². The van der Waals surface area contributed by atoms with Crippen molar-refractivity contribution in [2.24, 2.45) is 5.16 Å². The zero-order valence-corrected chi connectivity index (χ0v) is 16.4. The van der Waals surface area contributed by atoms with Crippen LogP contribution in [0.3, 0.4) is 0 Å². The van der Waals surface area contributed by atoms with E-state index < -0.39 is 12.1 Å². The normalized spacial score (nSPS) is 12.7. The van der Waals surface area contributed by atoms with Crippen molar-refractivity contribution < 1.29 is 19.5 Å². The summed E-state index contributed by atoms with van der Waals surface area (Å²) in [5, 5.41) is 13.4. The van der Waals surface area contributed by atoms with Gasteiger partial charge in [0, 0.05) is 17.5 Å². The Labute approximate surface area is 161 Å².